The van der Waals surface area contributed by atoms with Gasteiger partial charge >= 0.3 is 0 Å². The van der Waals surface area contributed by atoms with E-state index in [9.17, 15) is 0 Å². The van der Waals surface area contributed by atoms with Gasteiger partial charge in [0, 0.05) is 5.75 Å². The third kappa shape index (κ3) is 2.34. The summed E-state index contributed by atoms with van der Waals surface area (Å²) in [6.45, 7) is 3.73. The Balaban J connectivity index is 2.15. The fraction of sp³-hybridized carbons (Fsp3) is 0.600. The Morgan fingerprint density at radius 2 is 2.50 bits per heavy atom. The molecule has 1 aromatic rings. The van der Waals surface area contributed by atoms with Crippen molar-refractivity contribution in [2.24, 2.45) is 0 Å². The van der Waals surface area contributed by atoms with Crippen LogP contribution in [0.3, 0.4) is 0 Å². The summed E-state index contributed by atoms with van der Waals surface area (Å²) in [7, 11) is 0. The van der Waals surface area contributed by atoms with Crippen LogP contribution in [0, 0.1) is 6.92 Å². The zero-order valence-corrected chi connectivity index (χ0v) is 6.39. The molecule has 0 spiro atoms. The van der Waals surface area contributed by atoms with Crippen LogP contribution in [0.15, 0.2) is 5.16 Å². The van der Waals surface area contributed by atoms with Gasteiger partial charge in [0.1, 0.15) is 0 Å². The van der Waals surface area contributed by atoms with E-state index < -0.39 is 0 Å². The van der Waals surface area contributed by atoms with Crippen LogP contribution in [0.2, 0.25) is 0 Å². The lowest BCUT2D eigenvalue weighted by Gasteiger charge is -1.91. The van der Waals surface area contributed by atoms with E-state index in [4.69, 9.17) is 0 Å². The quantitative estimate of drug-likeness (QED) is 0.521. The standard InChI is InChI=1S/C5H9N4S/c1-2-3-4-10-5-6-8-9-7-5/h1-4H2,(H,6,7,8,9). The van der Waals surface area contributed by atoms with Crippen molar-refractivity contribution in [3.8, 4) is 0 Å². The first-order chi connectivity index (χ1) is 4.93. The van der Waals surface area contributed by atoms with Gasteiger partial charge in [-0.25, -0.2) is 5.10 Å². The Bertz CT molecular complexity index is 162. The van der Waals surface area contributed by atoms with Gasteiger partial charge in [0.2, 0.25) is 5.16 Å². The van der Waals surface area contributed by atoms with E-state index in [2.05, 4.69) is 27.5 Å². The molecule has 10 heavy (non-hydrogen) atoms. The Morgan fingerprint density at radius 3 is 3.10 bits per heavy atom. The second kappa shape index (κ2) is 4.27. The first-order valence-electron chi connectivity index (χ1n) is 3.09. The summed E-state index contributed by atoms with van der Waals surface area (Å²) >= 11 is 1.62. The van der Waals surface area contributed by atoms with Gasteiger partial charge in [0.05, 0.1) is 0 Å². The second-order valence-electron chi connectivity index (χ2n) is 1.76. The number of hydrogen-bond acceptors (Lipinski definition) is 4. The number of H-pyrrole nitrogens is 1. The molecular formula is C5H9N4S. The van der Waals surface area contributed by atoms with Crippen molar-refractivity contribution in [2.45, 2.75) is 18.0 Å². The van der Waals surface area contributed by atoms with Crippen LogP contribution in [0.25, 0.3) is 0 Å². The molecule has 1 N–H and O–H groups in total. The number of tetrazole rings is 1. The smallest absolute Gasteiger partial charge is 0.206 e. The van der Waals surface area contributed by atoms with E-state index in [1.165, 1.54) is 0 Å². The monoisotopic (exact) mass is 157 g/mol. The number of rotatable bonds is 4. The number of aromatic amines is 1. The average molecular weight is 157 g/mol. The number of thioether (sulfide) groups is 1. The van der Waals surface area contributed by atoms with Gasteiger partial charge in [-0.15, -0.1) is 5.10 Å². The lowest BCUT2D eigenvalue weighted by molar-refractivity contribution is 0.881. The Hall–Kier alpha value is -0.580. The molecule has 0 aromatic carbocycles. The Morgan fingerprint density at radius 1 is 1.60 bits per heavy atom. The van der Waals surface area contributed by atoms with Gasteiger partial charge in [0.15, 0.2) is 0 Å². The number of unbranched alkanes of at least 4 members (excludes halogenated alkanes) is 1. The zero-order valence-electron chi connectivity index (χ0n) is 5.58. The third-order valence-corrected chi connectivity index (χ3v) is 1.90. The molecule has 0 bridgehead atoms. The Labute approximate surface area is 63.8 Å². The van der Waals surface area contributed by atoms with E-state index in [1.54, 1.807) is 11.8 Å². The van der Waals surface area contributed by atoms with Crippen LogP contribution in [0.5, 0.6) is 0 Å². The van der Waals surface area contributed by atoms with Gasteiger partial charge in [-0.1, -0.05) is 25.1 Å². The topological polar surface area (TPSA) is 54.5 Å². The van der Waals surface area contributed by atoms with Gasteiger partial charge in [-0.05, 0) is 16.8 Å². The van der Waals surface area contributed by atoms with E-state index in [0.29, 0.717) is 0 Å². The number of nitrogens with zero attached hydrogens (tertiary/aromatic N) is 3. The number of nitrogens with one attached hydrogen (secondary N) is 1. The molecule has 1 heterocycles. The molecule has 0 amide bonds. The first kappa shape index (κ1) is 7.53. The molecule has 0 aliphatic carbocycles. The minimum Gasteiger partial charge on any atom is -0.234 e. The molecular weight excluding hydrogens is 148 g/mol. The SMILES string of the molecule is [CH2]CCCSc1nnn[nH]1. The van der Waals surface area contributed by atoms with Gasteiger partial charge in [-0.2, -0.15) is 0 Å². The minimum absolute atomic E-state index is 0.786. The maximum atomic E-state index is 3.73. The summed E-state index contributed by atoms with van der Waals surface area (Å²) in [5.74, 6) is 1.03. The van der Waals surface area contributed by atoms with Crippen molar-refractivity contribution in [2.75, 3.05) is 5.75 Å². The van der Waals surface area contributed by atoms with E-state index in [-0.39, 0.29) is 0 Å². The molecule has 0 saturated carbocycles. The summed E-state index contributed by atoms with van der Waals surface area (Å²) in [4.78, 5) is 0. The summed E-state index contributed by atoms with van der Waals surface area (Å²) in [6, 6.07) is 0. The predicted molar refractivity (Wildman–Crippen MR) is 39.5 cm³/mol. The molecule has 1 radical (unpaired) electrons. The molecule has 1 rings (SSSR count). The molecule has 0 saturated heterocycles. The van der Waals surface area contributed by atoms with Gasteiger partial charge in [-0.3, -0.25) is 0 Å². The molecule has 5 heteroatoms. The maximum absolute atomic E-state index is 3.73. The molecule has 4 nitrogen and oxygen atoms in total. The Kier molecular flexibility index (Phi) is 3.21. The summed E-state index contributed by atoms with van der Waals surface area (Å²) in [5.41, 5.74) is 0. The number of hydrogen-bond donors (Lipinski definition) is 1. The van der Waals surface area contributed by atoms with Crippen molar-refractivity contribution in [1.82, 2.24) is 20.6 Å². The molecule has 1 aromatic heterocycles. The highest BCUT2D eigenvalue weighted by atomic mass is 32.2. The van der Waals surface area contributed by atoms with Crippen LogP contribution < -0.4 is 0 Å². The lowest BCUT2D eigenvalue weighted by atomic mass is 10.4. The molecule has 0 atom stereocenters. The van der Waals surface area contributed by atoms with Crippen molar-refractivity contribution < 1.29 is 0 Å². The normalized spacial score (nSPS) is 10.1. The summed E-state index contributed by atoms with van der Waals surface area (Å²) in [6.07, 6.45) is 2.07. The molecule has 0 aliphatic rings. The van der Waals surface area contributed by atoms with Crippen molar-refractivity contribution >= 4 is 11.8 Å². The van der Waals surface area contributed by atoms with Crippen LogP contribution >= 0.6 is 11.8 Å². The fourth-order valence-electron chi connectivity index (χ4n) is 0.483. The molecule has 0 unspecified atom stereocenters. The predicted octanol–water partition coefficient (Wildman–Crippen LogP) is 0.906. The lowest BCUT2D eigenvalue weighted by Crippen LogP contribution is -1.80. The highest BCUT2D eigenvalue weighted by Gasteiger charge is 1.94. The van der Waals surface area contributed by atoms with E-state index >= 15 is 0 Å². The van der Waals surface area contributed by atoms with Crippen LogP contribution in [0.1, 0.15) is 12.8 Å². The van der Waals surface area contributed by atoms with E-state index in [1.807, 2.05) is 0 Å². The third-order valence-electron chi connectivity index (χ3n) is 0.959. The van der Waals surface area contributed by atoms with Crippen molar-refractivity contribution in [1.29, 1.82) is 0 Å². The first-order valence-corrected chi connectivity index (χ1v) is 4.08. The zero-order chi connectivity index (χ0) is 7.23. The summed E-state index contributed by atoms with van der Waals surface area (Å²) in [5, 5.41) is 14.1. The molecule has 55 valence electrons. The van der Waals surface area contributed by atoms with Gasteiger partial charge in [0.25, 0.3) is 0 Å². The largest absolute Gasteiger partial charge is 0.234 e. The average Bonchev–Trinajstić information content (AvgIpc) is 2.41. The fourth-order valence-corrected chi connectivity index (χ4v) is 1.22. The van der Waals surface area contributed by atoms with Crippen LogP contribution in [0.4, 0.5) is 0 Å². The maximum Gasteiger partial charge on any atom is 0.206 e. The van der Waals surface area contributed by atoms with E-state index in [0.717, 1.165) is 23.8 Å². The van der Waals surface area contributed by atoms with Crippen molar-refractivity contribution in [3.05, 3.63) is 6.92 Å². The minimum atomic E-state index is 0.786. The number of aromatic nitrogens is 4. The highest BCUT2D eigenvalue weighted by molar-refractivity contribution is 7.99. The molecule has 0 aliphatic heterocycles. The van der Waals surface area contributed by atoms with Crippen LogP contribution in [-0.4, -0.2) is 26.4 Å². The highest BCUT2D eigenvalue weighted by Crippen LogP contribution is 2.11. The van der Waals surface area contributed by atoms with Crippen molar-refractivity contribution in [3.63, 3.8) is 0 Å². The van der Waals surface area contributed by atoms with Gasteiger partial charge < -0.3 is 0 Å². The second-order valence-corrected chi connectivity index (χ2v) is 2.85. The van der Waals surface area contributed by atoms with Crippen LogP contribution in [-0.2, 0) is 0 Å². The molecule has 0 fully saturated rings. The summed E-state index contributed by atoms with van der Waals surface area (Å²) < 4.78 is 0.